The normalized spacial score (nSPS) is 26.5. The maximum atomic E-state index is 15.5. The number of allylic oxidation sites excluding steroid dienone is 1. The molecule has 3 aliphatic carbocycles. The van der Waals surface area contributed by atoms with Gasteiger partial charge in [0.05, 0.1) is 12.5 Å². The number of nitrogens with two attached hydrogens (primary N) is 1. The van der Waals surface area contributed by atoms with Gasteiger partial charge >= 0.3 is 5.69 Å². The minimum Gasteiger partial charge on any atom is -0.504 e. The van der Waals surface area contributed by atoms with Crippen molar-refractivity contribution >= 4 is 17.1 Å². The molecule has 2 aromatic heterocycles. The molecule has 0 spiro atoms. The lowest BCUT2D eigenvalue weighted by molar-refractivity contribution is 0.216. The summed E-state index contributed by atoms with van der Waals surface area (Å²) in [6, 6.07) is 1.67. The van der Waals surface area contributed by atoms with Crippen molar-refractivity contribution in [1.29, 1.82) is 0 Å². The Morgan fingerprint density at radius 3 is 2.77 bits per heavy atom. The van der Waals surface area contributed by atoms with E-state index in [4.69, 9.17) is 5.73 Å². The molecular formula is C22H26FN3O4S. The molecular weight excluding hydrogens is 421 g/mol. The van der Waals surface area contributed by atoms with E-state index in [-0.39, 0.29) is 30.2 Å². The number of aromatic amines is 1. The Labute approximate surface area is 182 Å². The van der Waals surface area contributed by atoms with Crippen LogP contribution in [0.1, 0.15) is 70.6 Å². The van der Waals surface area contributed by atoms with E-state index >= 15 is 4.39 Å². The number of hydrogen-bond donors (Lipinski definition) is 4. The Kier molecular flexibility index (Phi) is 4.95. The molecule has 0 aliphatic heterocycles. The SMILES string of the molecule is CC1c2c(c(=O)[nH]c(=O)n2C2CC2)C(O)=C(F)C1c1cc2c(s1)CCC(C(N)CO)C2. The van der Waals surface area contributed by atoms with Crippen LogP contribution < -0.4 is 17.0 Å². The number of H-pyrrole nitrogens is 1. The summed E-state index contributed by atoms with van der Waals surface area (Å²) in [7, 11) is 0. The predicted molar refractivity (Wildman–Crippen MR) is 116 cm³/mol. The number of nitrogens with one attached hydrogen (secondary N) is 1. The number of aryl methyl sites for hydroxylation is 1. The molecule has 166 valence electrons. The molecule has 31 heavy (non-hydrogen) atoms. The Bertz CT molecular complexity index is 1190. The Morgan fingerprint density at radius 1 is 1.35 bits per heavy atom. The first kappa shape index (κ1) is 20.7. The zero-order valence-electron chi connectivity index (χ0n) is 17.2. The van der Waals surface area contributed by atoms with E-state index < -0.39 is 34.7 Å². The summed E-state index contributed by atoms with van der Waals surface area (Å²) < 4.78 is 17.0. The highest BCUT2D eigenvalue weighted by atomic mass is 32.1. The molecule has 0 aromatic carbocycles. The lowest BCUT2D eigenvalue weighted by atomic mass is 9.79. The first-order valence-electron chi connectivity index (χ1n) is 10.8. The van der Waals surface area contributed by atoms with Crippen molar-refractivity contribution in [2.24, 2.45) is 11.7 Å². The molecule has 3 aliphatic rings. The summed E-state index contributed by atoms with van der Waals surface area (Å²) in [6.45, 7) is 1.75. The second kappa shape index (κ2) is 7.43. The molecule has 0 amide bonds. The minimum atomic E-state index is -0.751. The highest BCUT2D eigenvalue weighted by molar-refractivity contribution is 7.12. The largest absolute Gasteiger partial charge is 0.504 e. The van der Waals surface area contributed by atoms with Gasteiger partial charge in [-0.3, -0.25) is 14.3 Å². The van der Waals surface area contributed by atoms with Crippen molar-refractivity contribution in [2.45, 2.75) is 62.9 Å². The van der Waals surface area contributed by atoms with E-state index in [0.29, 0.717) is 5.69 Å². The third-order valence-electron chi connectivity index (χ3n) is 7.02. The topological polar surface area (TPSA) is 121 Å². The third kappa shape index (κ3) is 3.21. The van der Waals surface area contributed by atoms with Crippen LogP contribution in [-0.2, 0) is 12.8 Å². The number of fused-ring (bicyclic) bond motifs is 2. The Balaban J connectivity index is 1.60. The molecule has 1 fully saturated rings. The van der Waals surface area contributed by atoms with Gasteiger partial charge in [-0.15, -0.1) is 11.3 Å². The van der Waals surface area contributed by atoms with Crippen molar-refractivity contribution in [2.75, 3.05) is 6.61 Å². The van der Waals surface area contributed by atoms with Gasteiger partial charge in [0.25, 0.3) is 5.56 Å². The van der Waals surface area contributed by atoms with Crippen LogP contribution in [-0.4, -0.2) is 32.4 Å². The highest BCUT2D eigenvalue weighted by Crippen LogP contribution is 2.51. The molecule has 4 unspecified atom stereocenters. The lowest BCUT2D eigenvalue weighted by Gasteiger charge is -2.31. The highest BCUT2D eigenvalue weighted by Gasteiger charge is 2.42. The summed E-state index contributed by atoms with van der Waals surface area (Å²) >= 11 is 1.52. The molecule has 1 saturated carbocycles. The maximum absolute atomic E-state index is 15.5. The van der Waals surface area contributed by atoms with Gasteiger partial charge < -0.3 is 15.9 Å². The third-order valence-corrected chi connectivity index (χ3v) is 8.34. The number of nitrogens with zero attached hydrogens (tertiary/aromatic N) is 1. The van der Waals surface area contributed by atoms with E-state index in [1.54, 1.807) is 4.57 Å². The number of hydrogen-bond acceptors (Lipinski definition) is 6. The van der Waals surface area contributed by atoms with E-state index in [2.05, 4.69) is 4.98 Å². The molecule has 2 heterocycles. The molecule has 5 N–H and O–H groups in total. The summed E-state index contributed by atoms with van der Waals surface area (Å²) in [6.07, 6.45) is 4.07. The summed E-state index contributed by atoms with van der Waals surface area (Å²) in [5.74, 6) is -2.44. The molecule has 2 aromatic rings. The smallest absolute Gasteiger partial charge is 0.328 e. The van der Waals surface area contributed by atoms with Gasteiger partial charge in [0.1, 0.15) is 5.56 Å². The van der Waals surface area contributed by atoms with Crippen LogP contribution in [0.5, 0.6) is 0 Å². The number of rotatable bonds is 4. The van der Waals surface area contributed by atoms with Crippen LogP contribution in [0.15, 0.2) is 21.5 Å². The fraction of sp³-hybridized carbons (Fsp3) is 0.545. The minimum absolute atomic E-state index is 0.0209. The number of aliphatic hydroxyl groups excluding tert-OH is 2. The van der Waals surface area contributed by atoms with Gasteiger partial charge in [-0.25, -0.2) is 9.18 Å². The summed E-state index contributed by atoms with van der Waals surface area (Å²) in [5, 5.41) is 20.1. The molecule has 5 rings (SSSR count). The van der Waals surface area contributed by atoms with E-state index in [0.717, 1.165) is 42.5 Å². The predicted octanol–water partition coefficient (Wildman–Crippen LogP) is 2.45. The van der Waals surface area contributed by atoms with Crippen LogP contribution in [0.3, 0.4) is 0 Å². The van der Waals surface area contributed by atoms with Crippen molar-refractivity contribution < 1.29 is 14.6 Å². The average molecular weight is 448 g/mol. The van der Waals surface area contributed by atoms with Crippen LogP contribution in [0, 0.1) is 5.92 Å². The fourth-order valence-electron chi connectivity index (χ4n) is 5.20. The standard InChI is InChI=1S/C22H26FN3O4S/c1-9-16(15-7-11-6-10(13(24)8-27)2-5-14(11)31-15)18(23)20(28)17-19(9)26(12-3-4-12)22(30)25-21(17)29/h7,9-10,12-13,16,27-28H,2-6,8,24H2,1H3,(H,25,29,30). The van der Waals surface area contributed by atoms with Crippen LogP contribution in [0.25, 0.3) is 5.76 Å². The van der Waals surface area contributed by atoms with E-state index in [1.807, 2.05) is 13.0 Å². The monoisotopic (exact) mass is 447 g/mol. The lowest BCUT2D eigenvalue weighted by Crippen LogP contribution is -2.38. The van der Waals surface area contributed by atoms with Crippen LogP contribution in [0.4, 0.5) is 4.39 Å². The zero-order valence-corrected chi connectivity index (χ0v) is 18.0. The average Bonchev–Trinajstić information content (AvgIpc) is 3.49. The van der Waals surface area contributed by atoms with Crippen LogP contribution >= 0.6 is 11.3 Å². The maximum Gasteiger partial charge on any atom is 0.328 e. The van der Waals surface area contributed by atoms with Gasteiger partial charge in [0.15, 0.2) is 11.6 Å². The first-order valence-corrected chi connectivity index (χ1v) is 11.6. The second-order valence-corrected chi connectivity index (χ2v) is 10.2. The van der Waals surface area contributed by atoms with Gasteiger partial charge in [-0.2, -0.15) is 0 Å². The molecule has 9 heteroatoms. The van der Waals surface area contributed by atoms with E-state index in [1.165, 1.54) is 16.2 Å². The zero-order chi connectivity index (χ0) is 22.0. The van der Waals surface area contributed by atoms with Gasteiger partial charge in [-0.05, 0) is 49.7 Å². The van der Waals surface area contributed by atoms with Gasteiger partial charge in [0.2, 0.25) is 0 Å². The van der Waals surface area contributed by atoms with Crippen molar-refractivity contribution in [3.05, 3.63) is 59.3 Å². The summed E-state index contributed by atoms with van der Waals surface area (Å²) in [5.41, 5.74) is 6.19. The second-order valence-electron chi connectivity index (χ2n) is 9.03. The Hall–Kier alpha value is -2.23. The summed E-state index contributed by atoms with van der Waals surface area (Å²) in [4.78, 5) is 29.2. The number of halogens is 1. The number of aromatic nitrogens is 2. The van der Waals surface area contributed by atoms with Crippen molar-refractivity contribution in [1.82, 2.24) is 9.55 Å². The molecule has 0 saturated heterocycles. The molecule has 7 nitrogen and oxygen atoms in total. The fourth-order valence-corrected chi connectivity index (χ4v) is 6.61. The van der Waals surface area contributed by atoms with Gasteiger partial charge in [0, 0.05) is 33.4 Å². The van der Waals surface area contributed by atoms with E-state index in [9.17, 15) is 19.8 Å². The molecule has 0 bridgehead atoms. The quantitative estimate of drug-likeness (QED) is 0.574. The van der Waals surface area contributed by atoms with Crippen LogP contribution in [0.2, 0.25) is 0 Å². The van der Waals surface area contributed by atoms with Crippen molar-refractivity contribution in [3.63, 3.8) is 0 Å². The number of aliphatic hydroxyl groups is 2. The molecule has 0 radical (unpaired) electrons. The number of thiophene rings is 1. The molecule has 4 atom stereocenters. The Morgan fingerprint density at radius 2 is 2.10 bits per heavy atom. The van der Waals surface area contributed by atoms with Crippen molar-refractivity contribution in [3.8, 4) is 0 Å². The first-order chi connectivity index (χ1) is 14.8. The van der Waals surface area contributed by atoms with Gasteiger partial charge in [-0.1, -0.05) is 6.92 Å².